The lowest BCUT2D eigenvalue weighted by molar-refractivity contribution is -0.586. The van der Waals surface area contributed by atoms with Crippen LogP contribution in [0.4, 0.5) is 8.78 Å². The first-order valence-corrected chi connectivity index (χ1v) is 11.9. The van der Waals surface area contributed by atoms with Crippen molar-refractivity contribution < 1.29 is 26.7 Å². The van der Waals surface area contributed by atoms with Crippen molar-refractivity contribution >= 4 is 20.9 Å². The van der Waals surface area contributed by atoms with Crippen molar-refractivity contribution in [2.24, 2.45) is 0 Å². The Morgan fingerprint density at radius 3 is 2.58 bits per heavy atom. The molecule has 1 aromatic carbocycles. The molecule has 31 heavy (non-hydrogen) atoms. The third-order valence-corrected chi connectivity index (χ3v) is 7.56. The van der Waals surface area contributed by atoms with Crippen LogP contribution in [-0.2, 0) is 9.84 Å². The molecular formula is C22H24F2N2O4S. The number of nitrogens with one attached hydrogen (secondary N) is 1. The molecule has 9 heteroatoms. The number of H-pyrrole nitrogens is 1. The first kappa shape index (κ1) is 21.5. The van der Waals surface area contributed by atoms with E-state index in [1.54, 1.807) is 44.3 Å². The van der Waals surface area contributed by atoms with E-state index in [-0.39, 0.29) is 42.4 Å². The van der Waals surface area contributed by atoms with Crippen LogP contribution in [0.5, 0.6) is 5.75 Å². The molecule has 1 aliphatic carbocycles. The Hall–Kier alpha value is -2.68. The number of halogens is 2. The third-order valence-electron chi connectivity index (χ3n) is 5.83. The smallest absolute Gasteiger partial charge is 0.290 e. The first-order chi connectivity index (χ1) is 14.6. The van der Waals surface area contributed by atoms with Crippen LogP contribution in [0.25, 0.3) is 22.2 Å². The molecule has 0 saturated heterocycles. The standard InChI is InChI=1S/C22H24F2N2O4S/c1-3-31(28,29)16-4-5-20(30-15-6-9-22(23,24)10-7-15)19(13-16)18-12-14(2)26(27)21-17(18)8-11-25-21/h4-5,8,11-13,15,25H,3,6-7,9-10H2,1-2H3. The van der Waals surface area contributed by atoms with Crippen LogP contribution in [0.2, 0.25) is 0 Å². The van der Waals surface area contributed by atoms with E-state index >= 15 is 0 Å². The summed E-state index contributed by atoms with van der Waals surface area (Å²) in [6.45, 7) is 3.23. The van der Waals surface area contributed by atoms with E-state index in [0.717, 1.165) is 4.73 Å². The number of hydrogen-bond acceptors (Lipinski definition) is 4. The summed E-state index contributed by atoms with van der Waals surface area (Å²) < 4.78 is 59.0. The Bertz CT molecular complexity index is 1230. The predicted molar refractivity (Wildman–Crippen MR) is 113 cm³/mol. The van der Waals surface area contributed by atoms with Gasteiger partial charge in [0.1, 0.15) is 11.4 Å². The number of sulfone groups is 1. The maximum Gasteiger partial charge on any atom is 0.290 e. The van der Waals surface area contributed by atoms with E-state index in [0.29, 0.717) is 33.6 Å². The van der Waals surface area contributed by atoms with Crippen molar-refractivity contribution in [2.75, 3.05) is 5.75 Å². The second-order valence-corrected chi connectivity index (χ2v) is 10.2. The van der Waals surface area contributed by atoms with Gasteiger partial charge in [0.15, 0.2) is 9.84 Å². The second-order valence-electron chi connectivity index (χ2n) is 7.97. The summed E-state index contributed by atoms with van der Waals surface area (Å²) in [5.41, 5.74) is 1.93. The molecular weight excluding hydrogens is 426 g/mol. The van der Waals surface area contributed by atoms with Gasteiger partial charge in [-0.05, 0) is 50.1 Å². The molecule has 6 nitrogen and oxygen atoms in total. The number of ether oxygens (including phenoxy) is 1. The lowest BCUT2D eigenvalue weighted by Gasteiger charge is -2.29. The van der Waals surface area contributed by atoms with Gasteiger partial charge in [0, 0.05) is 24.0 Å². The Balaban J connectivity index is 1.84. The number of aryl methyl sites for hydroxylation is 1. The summed E-state index contributed by atoms with van der Waals surface area (Å²) in [5, 5.41) is 13.0. The quantitative estimate of drug-likeness (QED) is 0.457. The largest absolute Gasteiger partial charge is 0.710 e. The van der Waals surface area contributed by atoms with Crippen molar-refractivity contribution in [3.05, 3.63) is 47.4 Å². The van der Waals surface area contributed by atoms with Gasteiger partial charge in [0.2, 0.25) is 5.92 Å². The molecule has 0 atom stereocenters. The summed E-state index contributed by atoms with van der Waals surface area (Å²) in [6.07, 6.45) is 1.21. The molecule has 1 N–H and O–H groups in total. The van der Waals surface area contributed by atoms with Gasteiger partial charge < -0.3 is 9.94 Å². The Morgan fingerprint density at radius 2 is 1.90 bits per heavy atom. The van der Waals surface area contributed by atoms with Gasteiger partial charge in [-0.3, -0.25) is 0 Å². The molecule has 0 spiro atoms. The fourth-order valence-electron chi connectivity index (χ4n) is 3.98. The summed E-state index contributed by atoms with van der Waals surface area (Å²) in [6, 6.07) is 8.03. The van der Waals surface area contributed by atoms with Gasteiger partial charge in [-0.15, -0.1) is 0 Å². The van der Waals surface area contributed by atoms with Gasteiger partial charge in [0.05, 0.1) is 28.3 Å². The fourth-order valence-corrected chi connectivity index (χ4v) is 4.89. The van der Waals surface area contributed by atoms with E-state index in [9.17, 15) is 22.4 Å². The summed E-state index contributed by atoms with van der Waals surface area (Å²) >= 11 is 0. The van der Waals surface area contributed by atoms with E-state index < -0.39 is 15.8 Å². The molecule has 0 radical (unpaired) electrons. The third kappa shape index (κ3) is 4.11. The Kier molecular flexibility index (Phi) is 5.41. The highest BCUT2D eigenvalue weighted by Crippen LogP contribution is 2.40. The van der Waals surface area contributed by atoms with E-state index in [4.69, 9.17) is 4.74 Å². The van der Waals surface area contributed by atoms with Gasteiger partial charge in [0.25, 0.3) is 5.65 Å². The lowest BCUT2D eigenvalue weighted by Crippen LogP contribution is -2.31. The van der Waals surface area contributed by atoms with E-state index in [1.165, 1.54) is 6.07 Å². The maximum atomic E-state index is 13.5. The Labute approximate surface area is 179 Å². The highest BCUT2D eigenvalue weighted by molar-refractivity contribution is 7.91. The summed E-state index contributed by atoms with van der Waals surface area (Å²) in [7, 11) is -3.48. The van der Waals surface area contributed by atoms with Gasteiger partial charge in [-0.25, -0.2) is 26.9 Å². The lowest BCUT2D eigenvalue weighted by atomic mass is 9.94. The van der Waals surface area contributed by atoms with Gasteiger partial charge in [-0.1, -0.05) is 6.92 Å². The first-order valence-electron chi connectivity index (χ1n) is 10.2. The molecule has 2 aromatic heterocycles. The number of fused-ring (bicyclic) bond motifs is 1. The number of benzene rings is 1. The molecule has 1 saturated carbocycles. The number of hydrogen-bond donors (Lipinski definition) is 1. The number of rotatable bonds is 5. The molecule has 2 heterocycles. The van der Waals surface area contributed by atoms with E-state index in [1.807, 2.05) is 0 Å². The van der Waals surface area contributed by atoms with Crippen molar-refractivity contribution in [3.63, 3.8) is 0 Å². The highest BCUT2D eigenvalue weighted by atomic mass is 32.2. The van der Waals surface area contributed by atoms with Crippen LogP contribution in [0.3, 0.4) is 0 Å². The minimum atomic E-state index is -3.48. The van der Waals surface area contributed by atoms with Gasteiger partial charge >= 0.3 is 0 Å². The molecule has 0 bridgehead atoms. The monoisotopic (exact) mass is 450 g/mol. The van der Waals surface area contributed by atoms with Gasteiger partial charge in [-0.2, -0.15) is 0 Å². The minimum Gasteiger partial charge on any atom is -0.710 e. The van der Waals surface area contributed by atoms with Crippen LogP contribution >= 0.6 is 0 Å². The molecule has 0 aliphatic heterocycles. The number of aromatic amines is 1. The van der Waals surface area contributed by atoms with Crippen molar-refractivity contribution in [2.45, 2.75) is 56.5 Å². The van der Waals surface area contributed by atoms with E-state index in [2.05, 4.69) is 4.98 Å². The highest BCUT2D eigenvalue weighted by Gasteiger charge is 2.36. The second kappa shape index (κ2) is 7.78. The molecule has 4 rings (SSSR count). The van der Waals surface area contributed by atoms with Crippen LogP contribution in [0, 0.1) is 12.1 Å². The summed E-state index contributed by atoms with van der Waals surface area (Å²) in [4.78, 5) is 3.06. The molecule has 0 amide bonds. The number of alkyl halides is 2. The normalized spacial score (nSPS) is 17.2. The van der Waals surface area contributed by atoms with Crippen LogP contribution < -0.4 is 9.47 Å². The predicted octanol–water partition coefficient (Wildman–Crippen LogP) is 4.53. The zero-order valence-electron chi connectivity index (χ0n) is 17.3. The summed E-state index contributed by atoms with van der Waals surface area (Å²) in [5.74, 6) is -2.31. The average molecular weight is 451 g/mol. The molecule has 1 fully saturated rings. The molecule has 1 aliphatic rings. The van der Waals surface area contributed by atoms with Crippen LogP contribution in [-0.4, -0.2) is 31.2 Å². The van der Waals surface area contributed by atoms with Crippen molar-refractivity contribution in [3.8, 4) is 16.9 Å². The number of aromatic nitrogens is 2. The van der Waals surface area contributed by atoms with Crippen LogP contribution in [0.1, 0.15) is 38.3 Å². The minimum absolute atomic E-state index is 0.0572. The molecule has 0 unspecified atom stereocenters. The molecule has 166 valence electrons. The average Bonchev–Trinajstić information content (AvgIpc) is 3.23. The van der Waals surface area contributed by atoms with Crippen molar-refractivity contribution in [1.29, 1.82) is 0 Å². The maximum absolute atomic E-state index is 13.5. The topological polar surface area (TPSA) is 86.1 Å². The zero-order valence-corrected chi connectivity index (χ0v) is 18.1. The van der Waals surface area contributed by atoms with Crippen molar-refractivity contribution in [1.82, 2.24) is 4.98 Å². The Morgan fingerprint density at radius 1 is 1.19 bits per heavy atom. The fraction of sp³-hybridized carbons (Fsp3) is 0.409. The number of pyridine rings is 1. The van der Waals surface area contributed by atoms with Crippen LogP contribution in [0.15, 0.2) is 41.4 Å². The number of nitrogens with zero attached hydrogens (tertiary/aromatic N) is 1. The SMILES string of the molecule is CCS(=O)(=O)c1ccc(OC2CCC(F)(F)CC2)c(-c2cc(C)[n+]([O-])c3[nH]ccc23)c1. The molecule has 3 aromatic rings. The zero-order chi connectivity index (χ0) is 22.4.